The zero-order valence-corrected chi connectivity index (χ0v) is 19.9. The van der Waals surface area contributed by atoms with E-state index in [1.165, 1.54) is 10.7 Å². The molecule has 0 radical (unpaired) electrons. The van der Waals surface area contributed by atoms with Crippen molar-refractivity contribution in [3.05, 3.63) is 46.8 Å². The molecule has 0 spiro atoms. The predicted molar refractivity (Wildman–Crippen MR) is 126 cm³/mol. The molecular formula is C25H28N4O6. The molecule has 1 aliphatic rings. The van der Waals surface area contributed by atoms with Gasteiger partial charge in [-0.05, 0) is 43.5 Å². The summed E-state index contributed by atoms with van der Waals surface area (Å²) in [6, 6.07) is 6.60. The molecule has 0 saturated heterocycles. The fourth-order valence-corrected chi connectivity index (χ4v) is 4.53. The van der Waals surface area contributed by atoms with Crippen LogP contribution < -0.4 is 9.47 Å². The third kappa shape index (κ3) is 5.06. The molecule has 1 saturated carbocycles. The van der Waals surface area contributed by atoms with Crippen LogP contribution >= 0.6 is 0 Å². The molecule has 0 aliphatic heterocycles. The highest BCUT2D eigenvalue weighted by molar-refractivity contribution is 6.00. The van der Waals surface area contributed by atoms with Gasteiger partial charge in [0, 0.05) is 5.56 Å². The number of aromatic nitrogens is 3. The number of nitriles is 1. The van der Waals surface area contributed by atoms with Crippen molar-refractivity contribution < 1.29 is 29.2 Å². The zero-order chi connectivity index (χ0) is 25.1. The summed E-state index contributed by atoms with van der Waals surface area (Å²) in [5.41, 5.74) is 1.73. The fourth-order valence-electron chi connectivity index (χ4n) is 4.53. The molecule has 4 rings (SSSR count). The van der Waals surface area contributed by atoms with E-state index in [1.807, 2.05) is 13.0 Å². The molecule has 10 nitrogen and oxygen atoms in total. The Bertz CT molecular complexity index is 1250. The average Bonchev–Trinajstić information content (AvgIpc) is 3.51. The number of aliphatic hydroxyl groups excluding tert-OH is 1. The number of aromatic carboxylic acids is 1. The maximum absolute atomic E-state index is 11.7. The van der Waals surface area contributed by atoms with Crippen molar-refractivity contribution >= 4 is 17.0 Å². The van der Waals surface area contributed by atoms with Crippen molar-refractivity contribution in [1.29, 1.82) is 5.26 Å². The smallest absolute Gasteiger partial charge is 0.338 e. The number of nitrogens with zero attached hydrogens (tertiary/aromatic N) is 4. The molecule has 1 aromatic carbocycles. The normalized spacial score (nSPS) is 15.6. The van der Waals surface area contributed by atoms with Crippen molar-refractivity contribution in [2.45, 2.75) is 57.5 Å². The van der Waals surface area contributed by atoms with Crippen LogP contribution in [-0.2, 0) is 11.3 Å². The van der Waals surface area contributed by atoms with E-state index >= 15 is 0 Å². The van der Waals surface area contributed by atoms with Gasteiger partial charge in [-0.1, -0.05) is 12.8 Å². The topological polar surface area (TPSA) is 140 Å². The second-order valence-corrected chi connectivity index (χ2v) is 8.63. The second kappa shape index (κ2) is 10.3. The number of aliphatic hydroxyl groups is 1. The predicted octanol–water partition coefficient (Wildman–Crippen LogP) is 3.39. The van der Waals surface area contributed by atoms with E-state index in [0.717, 1.165) is 31.2 Å². The van der Waals surface area contributed by atoms with Gasteiger partial charge in [0.05, 0.1) is 38.6 Å². The molecule has 0 unspecified atom stereocenters. The maximum atomic E-state index is 11.7. The molecule has 3 aromatic rings. The van der Waals surface area contributed by atoms with Gasteiger partial charge in [0.15, 0.2) is 0 Å². The maximum Gasteiger partial charge on any atom is 0.338 e. The first-order valence-electron chi connectivity index (χ1n) is 11.4. The van der Waals surface area contributed by atoms with Gasteiger partial charge in [-0.15, -0.1) is 0 Å². The number of rotatable bonds is 9. The van der Waals surface area contributed by atoms with Crippen LogP contribution in [0, 0.1) is 18.3 Å². The van der Waals surface area contributed by atoms with E-state index in [9.17, 15) is 20.3 Å². The average molecular weight is 481 g/mol. The summed E-state index contributed by atoms with van der Waals surface area (Å²) in [7, 11) is 3.12. The van der Waals surface area contributed by atoms with Crippen molar-refractivity contribution in [3.8, 4) is 17.6 Å². The Morgan fingerprint density at radius 3 is 2.46 bits per heavy atom. The summed E-state index contributed by atoms with van der Waals surface area (Å²) in [5, 5.41) is 34.6. The number of carboxylic acid groups (broad SMARTS) is 1. The number of pyridine rings is 1. The summed E-state index contributed by atoms with van der Waals surface area (Å²) in [6.45, 7) is 2.02. The van der Waals surface area contributed by atoms with Crippen molar-refractivity contribution in [1.82, 2.24) is 14.8 Å². The van der Waals surface area contributed by atoms with Gasteiger partial charge in [-0.25, -0.2) is 9.78 Å². The Kier molecular flexibility index (Phi) is 7.19. The molecule has 2 aromatic heterocycles. The third-order valence-electron chi connectivity index (χ3n) is 6.37. The van der Waals surface area contributed by atoms with E-state index in [1.54, 1.807) is 32.5 Å². The van der Waals surface area contributed by atoms with Gasteiger partial charge in [0.2, 0.25) is 0 Å². The fraction of sp³-hybridized carbons (Fsp3) is 0.440. The van der Waals surface area contributed by atoms with Crippen molar-refractivity contribution in [2.24, 2.45) is 0 Å². The van der Waals surface area contributed by atoms with Crippen LogP contribution in [0.2, 0.25) is 0 Å². The van der Waals surface area contributed by atoms with Crippen LogP contribution in [0.15, 0.2) is 24.4 Å². The molecule has 2 N–H and O–H groups in total. The van der Waals surface area contributed by atoms with Gasteiger partial charge < -0.3 is 24.4 Å². The molecule has 2 heterocycles. The molecular weight excluding hydrogens is 452 g/mol. The monoisotopic (exact) mass is 480 g/mol. The number of ether oxygens (including phenoxy) is 3. The Morgan fingerprint density at radius 1 is 1.23 bits per heavy atom. The molecule has 0 bridgehead atoms. The third-order valence-corrected chi connectivity index (χ3v) is 6.37. The number of fused-ring (bicyclic) bond motifs is 1. The zero-order valence-electron chi connectivity index (χ0n) is 19.9. The minimum atomic E-state index is -1.20. The highest BCUT2D eigenvalue weighted by Crippen LogP contribution is 2.35. The number of benzene rings is 1. The Hall–Kier alpha value is -3.68. The lowest BCUT2D eigenvalue weighted by atomic mass is 10.0. The first kappa shape index (κ1) is 24.4. The van der Waals surface area contributed by atoms with E-state index in [0.29, 0.717) is 17.1 Å². The number of carbonyl (C=O) groups is 1. The second-order valence-electron chi connectivity index (χ2n) is 8.63. The number of methoxy groups -OCH3 is 2. The summed E-state index contributed by atoms with van der Waals surface area (Å²) in [5.74, 6) is -0.0267. The summed E-state index contributed by atoms with van der Waals surface area (Å²) in [4.78, 5) is 15.9. The van der Waals surface area contributed by atoms with Crippen LogP contribution in [0.25, 0.3) is 11.0 Å². The quantitative estimate of drug-likeness (QED) is 0.471. The highest BCUT2D eigenvalue weighted by Gasteiger charge is 2.29. The van der Waals surface area contributed by atoms with Crippen LogP contribution in [0.5, 0.6) is 11.5 Å². The summed E-state index contributed by atoms with van der Waals surface area (Å²) >= 11 is 0. The van der Waals surface area contributed by atoms with Gasteiger partial charge >= 0.3 is 5.97 Å². The number of carboxylic acids is 1. The van der Waals surface area contributed by atoms with Crippen LogP contribution in [0.3, 0.4) is 0 Å². The SMILES string of the molecule is COc1cc([C@@H](O)[C@H](Cn2cc3nc(C#N)cc(C(=O)O)c3n2)OC2CCCC2)cc(OC)c1C. The summed E-state index contributed by atoms with van der Waals surface area (Å²) in [6.07, 6.45) is 3.79. The lowest BCUT2D eigenvalue weighted by Crippen LogP contribution is -2.31. The van der Waals surface area contributed by atoms with Crippen LogP contribution in [0.4, 0.5) is 0 Å². The Balaban J connectivity index is 1.71. The molecule has 0 amide bonds. The van der Waals surface area contributed by atoms with Gasteiger partial charge in [0.1, 0.15) is 46.5 Å². The minimum absolute atomic E-state index is 0.00626. The standard InChI is InChI=1S/C25H28N4O6/c1-14-20(33-2)8-15(9-21(14)34-3)24(30)22(35-17-6-4-5-7-17)13-29-12-19-23(28-29)18(25(31)32)10-16(11-26)27-19/h8-10,12,17,22,24,30H,4-7,13H2,1-3H3,(H,31,32)/t22-,24+/m0/s1. The van der Waals surface area contributed by atoms with Gasteiger partial charge in [0.25, 0.3) is 0 Å². The van der Waals surface area contributed by atoms with Gasteiger partial charge in [-0.2, -0.15) is 10.4 Å². The van der Waals surface area contributed by atoms with E-state index in [2.05, 4.69) is 10.1 Å². The van der Waals surface area contributed by atoms with Crippen LogP contribution in [-0.4, -0.2) is 57.4 Å². The molecule has 1 aliphatic carbocycles. The van der Waals surface area contributed by atoms with Crippen molar-refractivity contribution in [2.75, 3.05) is 14.2 Å². The highest BCUT2D eigenvalue weighted by atomic mass is 16.5. The number of hydrogen-bond donors (Lipinski definition) is 2. The summed E-state index contributed by atoms with van der Waals surface area (Å²) < 4.78 is 18.8. The Morgan fingerprint density at radius 2 is 1.89 bits per heavy atom. The van der Waals surface area contributed by atoms with E-state index in [4.69, 9.17) is 14.2 Å². The largest absolute Gasteiger partial charge is 0.496 e. The van der Waals surface area contributed by atoms with E-state index in [-0.39, 0.29) is 34.9 Å². The lowest BCUT2D eigenvalue weighted by molar-refractivity contribution is -0.0845. The Labute approximate surface area is 202 Å². The minimum Gasteiger partial charge on any atom is -0.496 e. The van der Waals surface area contributed by atoms with Crippen LogP contribution in [0.1, 0.15) is 59.0 Å². The molecule has 10 heteroatoms. The van der Waals surface area contributed by atoms with Gasteiger partial charge in [-0.3, -0.25) is 4.68 Å². The van der Waals surface area contributed by atoms with E-state index < -0.39 is 18.2 Å². The lowest BCUT2D eigenvalue weighted by Gasteiger charge is -2.27. The molecule has 184 valence electrons. The number of hydrogen-bond acceptors (Lipinski definition) is 8. The molecule has 35 heavy (non-hydrogen) atoms. The first-order valence-corrected chi connectivity index (χ1v) is 11.4. The molecule has 2 atom stereocenters. The van der Waals surface area contributed by atoms with Crippen molar-refractivity contribution in [3.63, 3.8) is 0 Å². The first-order chi connectivity index (χ1) is 16.8. The molecule has 1 fully saturated rings.